The number of carbonyl (C=O) groups excluding carboxylic acids is 1. The van der Waals surface area contributed by atoms with Crippen LogP contribution in [0.25, 0.3) is 0 Å². The first kappa shape index (κ1) is 13.2. The molecule has 1 amide bonds. The van der Waals surface area contributed by atoms with Gasteiger partial charge in [-0.3, -0.25) is 4.79 Å². The highest BCUT2D eigenvalue weighted by atomic mass is 16.1. The average Bonchev–Trinajstić information content (AvgIpc) is 1.78. The van der Waals surface area contributed by atoms with E-state index in [1.807, 2.05) is 27.7 Å². The van der Waals surface area contributed by atoms with E-state index >= 15 is 0 Å². The van der Waals surface area contributed by atoms with Crippen molar-refractivity contribution in [3.63, 3.8) is 0 Å². The molecule has 0 aromatic rings. The lowest BCUT2D eigenvalue weighted by Crippen LogP contribution is -2.50. The van der Waals surface area contributed by atoms with Crippen molar-refractivity contribution >= 4 is 5.91 Å². The molecule has 0 aromatic heterocycles. The van der Waals surface area contributed by atoms with Gasteiger partial charge in [0.15, 0.2) is 0 Å². The van der Waals surface area contributed by atoms with Gasteiger partial charge in [-0.1, -0.05) is 6.58 Å². The molecule has 3 heteroatoms. The monoisotopic (exact) mass is 198 g/mol. The van der Waals surface area contributed by atoms with Crippen molar-refractivity contribution in [3.05, 3.63) is 12.2 Å². The quantitative estimate of drug-likeness (QED) is 0.674. The molecule has 0 saturated heterocycles. The minimum Gasteiger partial charge on any atom is -0.347 e. The first-order chi connectivity index (χ1) is 6.03. The minimum absolute atomic E-state index is 0.112. The van der Waals surface area contributed by atoms with Gasteiger partial charge < -0.3 is 11.1 Å². The predicted molar refractivity (Wildman–Crippen MR) is 59.9 cm³/mol. The number of hydrogen-bond donors (Lipinski definition) is 2. The van der Waals surface area contributed by atoms with E-state index in [1.165, 1.54) is 0 Å². The van der Waals surface area contributed by atoms with E-state index < -0.39 is 0 Å². The van der Waals surface area contributed by atoms with Gasteiger partial charge in [0.2, 0.25) is 5.91 Å². The SMILES string of the molecule is C=C(C)C(=O)NC(C)(C)CC(C)(C)N. The van der Waals surface area contributed by atoms with Crippen LogP contribution in [0.3, 0.4) is 0 Å². The standard InChI is InChI=1S/C11H22N2O/c1-8(2)9(14)13-11(5,6)7-10(3,4)12/h1,7,12H2,2-6H3,(H,13,14). The van der Waals surface area contributed by atoms with Gasteiger partial charge in [0.05, 0.1) is 0 Å². The molecule has 0 rings (SSSR count). The fraction of sp³-hybridized carbons (Fsp3) is 0.727. The molecule has 0 aliphatic heterocycles. The minimum atomic E-state index is -0.297. The number of amides is 1. The van der Waals surface area contributed by atoms with Gasteiger partial charge in [-0.05, 0) is 41.0 Å². The van der Waals surface area contributed by atoms with Gasteiger partial charge in [0, 0.05) is 16.7 Å². The lowest BCUT2D eigenvalue weighted by atomic mass is 9.87. The molecule has 0 radical (unpaired) electrons. The Morgan fingerprint density at radius 1 is 1.36 bits per heavy atom. The summed E-state index contributed by atoms with van der Waals surface area (Å²) in [6.45, 7) is 13.1. The Kier molecular flexibility index (Phi) is 3.89. The van der Waals surface area contributed by atoms with Crippen LogP contribution >= 0.6 is 0 Å². The maximum Gasteiger partial charge on any atom is 0.246 e. The van der Waals surface area contributed by atoms with Crippen LogP contribution in [-0.4, -0.2) is 17.0 Å². The van der Waals surface area contributed by atoms with Crippen molar-refractivity contribution in [2.75, 3.05) is 0 Å². The third kappa shape index (κ3) is 5.75. The zero-order valence-corrected chi connectivity index (χ0v) is 9.90. The number of rotatable bonds is 4. The van der Waals surface area contributed by atoms with Crippen molar-refractivity contribution in [1.29, 1.82) is 0 Å². The molecule has 3 nitrogen and oxygen atoms in total. The Labute approximate surface area is 86.8 Å². The zero-order chi connectivity index (χ0) is 11.6. The zero-order valence-electron chi connectivity index (χ0n) is 9.90. The summed E-state index contributed by atoms with van der Waals surface area (Å²) in [4.78, 5) is 11.4. The van der Waals surface area contributed by atoms with Crippen LogP contribution in [0, 0.1) is 0 Å². The van der Waals surface area contributed by atoms with Crippen molar-refractivity contribution in [2.24, 2.45) is 5.73 Å². The summed E-state index contributed by atoms with van der Waals surface area (Å²) in [5.74, 6) is -0.112. The molecule has 0 aromatic carbocycles. The third-order valence-electron chi connectivity index (χ3n) is 1.74. The van der Waals surface area contributed by atoms with Gasteiger partial charge in [0.1, 0.15) is 0 Å². The van der Waals surface area contributed by atoms with E-state index in [9.17, 15) is 4.79 Å². The van der Waals surface area contributed by atoms with Crippen LogP contribution in [-0.2, 0) is 4.79 Å². The summed E-state index contributed by atoms with van der Waals surface area (Å²) in [6, 6.07) is 0. The van der Waals surface area contributed by atoms with Gasteiger partial charge in [-0.2, -0.15) is 0 Å². The molecule has 0 heterocycles. The van der Waals surface area contributed by atoms with Crippen LogP contribution < -0.4 is 11.1 Å². The Morgan fingerprint density at radius 3 is 2.07 bits per heavy atom. The number of nitrogens with two attached hydrogens (primary N) is 1. The molecule has 0 bridgehead atoms. The smallest absolute Gasteiger partial charge is 0.246 e. The van der Waals surface area contributed by atoms with Crippen LogP contribution in [0.5, 0.6) is 0 Å². The van der Waals surface area contributed by atoms with Crippen LogP contribution in [0.4, 0.5) is 0 Å². The van der Waals surface area contributed by atoms with E-state index in [2.05, 4.69) is 11.9 Å². The summed E-state index contributed by atoms with van der Waals surface area (Å²) in [7, 11) is 0. The number of carbonyl (C=O) groups is 1. The predicted octanol–water partition coefficient (Wildman–Crippen LogP) is 1.58. The third-order valence-corrected chi connectivity index (χ3v) is 1.74. The van der Waals surface area contributed by atoms with E-state index in [0.717, 1.165) is 6.42 Å². The Balaban J connectivity index is 4.35. The van der Waals surface area contributed by atoms with Gasteiger partial charge >= 0.3 is 0 Å². The second kappa shape index (κ2) is 4.13. The highest BCUT2D eigenvalue weighted by molar-refractivity contribution is 5.92. The van der Waals surface area contributed by atoms with Gasteiger partial charge in [-0.15, -0.1) is 0 Å². The highest BCUT2D eigenvalue weighted by Gasteiger charge is 2.27. The first-order valence-electron chi connectivity index (χ1n) is 4.80. The Morgan fingerprint density at radius 2 is 1.79 bits per heavy atom. The molecule has 0 unspecified atom stereocenters. The molecule has 3 N–H and O–H groups in total. The molecule has 0 saturated carbocycles. The summed E-state index contributed by atoms with van der Waals surface area (Å²) in [6.07, 6.45) is 0.721. The van der Waals surface area contributed by atoms with Crippen molar-refractivity contribution in [3.8, 4) is 0 Å². The molecule has 14 heavy (non-hydrogen) atoms. The fourth-order valence-electron chi connectivity index (χ4n) is 1.60. The Hall–Kier alpha value is -0.830. The van der Waals surface area contributed by atoms with Gasteiger partial charge in [-0.25, -0.2) is 0 Å². The average molecular weight is 198 g/mol. The van der Waals surface area contributed by atoms with Crippen LogP contribution in [0.15, 0.2) is 12.2 Å². The van der Waals surface area contributed by atoms with Crippen molar-refractivity contribution < 1.29 is 4.79 Å². The van der Waals surface area contributed by atoms with Crippen LogP contribution in [0.1, 0.15) is 41.0 Å². The number of nitrogens with one attached hydrogen (secondary N) is 1. The van der Waals surface area contributed by atoms with Crippen molar-refractivity contribution in [2.45, 2.75) is 52.1 Å². The van der Waals surface area contributed by atoms with E-state index in [0.29, 0.717) is 5.57 Å². The Bertz CT molecular complexity index is 236. The van der Waals surface area contributed by atoms with Crippen molar-refractivity contribution in [1.82, 2.24) is 5.32 Å². The largest absolute Gasteiger partial charge is 0.347 e. The maximum absolute atomic E-state index is 11.4. The lowest BCUT2D eigenvalue weighted by Gasteiger charge is -2.33. The fourth-order valence-corrected chi connectivity index (χ4v) is 1.60. The summed E-state index contributed by atoms with van der Waals surface area (Å²) in [5.41, 5.74) is 5.84. The molecular weight excluding hydrogens is 176 g/mol. The van der Waals surface area contributed by atoms with E-state index in [4.69, 9.17) is 5.73 Å². The molecule has 0 fully saturated rings. The molecule has 82 valence electrons. The lowest BCUT2D eigenvalue weighted by molar-refractivity contribution is -0.119. The number of hydrogen-bond acceptors (Lipinski definition) is 2. The van der Waals surface area contributed by atoms with Gasteiger partial charge in [0.25, 0.3) is 0 Å². The molecule has 0 aliphatic carbocycles. The molecular formula is C11H22N2O. The van der Waals surface area contributed by atoms with Crippen LogP contribution in [0.2, 0.25) is 0 Å². The summed E-state index contributed by atoms with van der Waals surface area (Å²) >= 11 is 0. The normalized spacial score (nSPS) is 12.4. The second-order valence-corrected chi connectivity index (χ2v) is 5.28. The van der Waals surface area contributed by atoms with E-state index in [1.54, 1.807) is 6.92 Å². The first-order valence-corrected chi connectivity index (χ1v) is 4.80. The summed E-state index contributed by atoms with van der Waals surface area (Å²) in [5, 5.41) is 2.89. The highest BCUT2D eigenvalue weighted by Crippen LogP contribution is 2.17. The molecule has 0 atom stereocenters. The molecule has 0 aliphatic rings. The van der Waals surface area contributed by atoms with E-state index in [-0.39, 0.29) is 17.0 Å². The second-order valence-electron chi connectivity index (χ2n) is 5.28. The summed E-state index contributed by atoms with van der Waals surface area (Å²) < 4.78 is 0. The maximum atomic E-state index is 11.4. The topological polar surface area (TPSA) is 55.1 Å². The molecule has 0 spiro atoms.